The number of rotatable bonds is 4. The van der Waals surface area contributed by atoms with Crippen molar-refractivity contribution in [2.75, 3.05) is 0 Å². The summed E-state index contributed by atoms with van der Waals surface area (Å²) in [5.41, 5.74) is -0.0453. The maximum Gasteiger partial charge on any atom is 0.354 e. The molecule has 0 fully saturated rings. The van der Waals surface area contributed by atoms with Gasteiger partial charge in [-0.2, -0.15) is 0 Å². The van der Waals surface area contributed by atoms with Crippen LogP contribution in [0.2, 0.25) is 5.15 Å². The fourth-order valence-electron chi connectivity index (χ4n) is 1.02. The maximum atomic E-state index is 10.6. The lowest BCUT2D eigenvalue weighted by Crippen LogP contribution is -2.05. The first-order chi connectivity index (χ1) is 6.63. The molecule has 0 aliphatic carbocycles. The van der Waals surface area contributed by atoms with Crippen LogP contribution in [0.25, 0.3) is 0 Å². The van der Waals surface area contributed by atoms with Crippen LogP contribution in [0.1, 0.15) is 36.1 Å². The number of halogens is 1. The van der Waals surface area contributed by atoms with Crippen molar-refractivity contribution in [2.24, 2.45) is 0 Å². The number of carboxylic acid groups (broad SMARTS) is 1. The highest BCUT2D eigenvalue weighted by molar-refractivity contribution is 6.29. The quantitative estimate of drug-likeness (QED) is 0.781. The Labute approximate surface area is 87.0 Å². The summed E-state index contributed by atoms with van der Waals surface area (Å²) < 4.78 is 0. The van der Waals surface area contributed by atoms with Gasteiger partial charge in [-0.25, -0.2) is 14.8 Å². The summed E-state index contributed by atoms with van der Waals surface area (Å²) in [7, 11) is 0. The minimum absolute atomic E-state index is 0.0453. The van der Waals surface area contributed by atoms with Gasteiger partial charge in [-0.3, -0.25) is 0 Å². The minimum atomic E-state index is -1.08. The molecule has 0 bridgehead atoms. The van der Waals surface area contributed by atoms with Crippen molar-refractivity contribution < 1.29 is 9.90 Å². The van der Waals surface area contributed by atoms with Gasteiger partial charge in [0, 0.05) is 12.5 Å². The highest BCUT2D eigenvalue weighted by Gasteiger charge is 2.08. The molecule has 0 spiro atoms. The molecule has 0 aliphatic rings. The number of carboxylic acids is 1. The molecule has 0 atom stereocenters. The molecule has 0 unspecified atom stereocenters. The Kier molecular flexibility index (Phi) is 3.83. The maximum absolute atomic E-state index is 10.6. The smallest absolute Gasteiger partial charge is 0.354 e. The molecule has 0 saturated carbocycles. The Balaban J connectivity index is 2.89. The number of unbranched alkanes of at least 4 members (excludes halogenated alkanes) is 1. The van der Waals surface area contributed by atoms with E-state index in [-0.39, 0.29) is 10.8 Å². The molecule has 1 aromatic rings. The van der Waals surface area contributed by atoms with Gasteiger partial charge in [-0.05, 0) is 6.42 Å². The zero-order chi connectivity index (χ0) is 10.6. The number of carbonyl (C=O) groups is 1. The Morgan fingerprint density at radius 1 is 1.57 bits per heavy atom. The standard InChI is InChI=1S/C9H11ClN2O2/c1-2-3-4-8-11-6(9(13)14)5-7(10)12-8/h5H,2-4H2,1H3,(H,13,14). The van der Waals surface area contributed by atoms with Crippen LogP contribution in [0.15, 0.2) is 6.07 Å². The molecular formula is C9H11ClN2O2. The molecule has 14 heavy (non-hydrogen) atoms. The summed E-state index contributed by atoms with van der Waals surface area (Å²) in [6.07, 6.45) is 2.61. The largest absolute Gasteiger partial charge is 0.477 e. The molecule has 1 aromatic heterocycles. The number of nitrogens with zero attached hydrogens (tertiary/aromatic N) is 2. The van der Waals surface area contributed by atoms with Crippen LogP contribution in [0, 0.1) is 0 Å². The summed E-state index contributed by atoms with van der Waals surface area (Å²) in [5.74, 6) is -0.580. The first kappa shape index (κ1) is 10.9. The van der Waals surface area contributed by atoms with Gasteiger partial charge < -0.3 is 5.11 Å². The Morgan fingerprint density at radius 2 is 2.29 bits per heavy atom. The Morgan fingerprint density at radius 3 is 2.86 bits per heavy atom. The van der Waals surface area contributed by atoms with E-state index in [0.717, 1.165) is 12.8 Å². The van der Waals surface area contributed by atoms with Crippen molar-refractivity contribution in [1.29, 1.82) is 0 Å². The van der Waals surface area contributed by atoms with Gasteiger partial charge in [-0.15, -0.1) is 0 Å². The van der Waals surface area contributed by atoms with E-state index >= 15 is 0 Å². The van der Waals surface area contributed by atoms with Crippen molar-refractivity contribution in [1.82, 2.24) is 9.97 Å². The van der Waals surface area contributed by atoms with E-state index in [1.54, 1.807) is 0 Å². The van der Waals surface area contributed by atoms with Gasteiger partial charge in [0.2, 0.25) is 0 Å². The monoisotopic (exact) mass is 214 g/mol. The van der Waals surface area contributed by atoms with Crippen molar-refractivity contribution in [3.8, 4) is 0 Å². The van der Waals surface area contributed by atoms with Gasteiger partial charge in [0.15, 0.2) is 5.69 Å². The number of hydrogen-bond donors (Lipinski definition) is 1. The zero-order valence-corrected chi connectivity index (χ0v) is 8.58. The molecule has 0 aliphatic heterocycles. The Hall–Kier alpha value is -1.16. The summed E-state index contributed by atoms with van der Waals surface area (Å²) >= 11 is 5.66. The summed E-state index contributed by atoms with van der Waals surface area (Å²) in [5, 5.41) is 8.89. The minimum Gasteiger partial charge on any atom is -0.477 e. The lowest BCUT2D eigenvalue weighted by atomic mass is 10.2. The fraction of sp³-hybridized carbons (Fsp3) is 0.444. The van der Waals surface area contributed by atoms with Crippen molar-refractivity contribution >= 4 is 17.6 Å². The first-order valence-corrected chi connectivity index (χ1v) is 4.78. The molecule has 0 radical (unpaired) electrons. The Bertz CT molecular complexity index is 342. The highest BCUT2D eigenvalue weighted by atomic mass is 35.5. The molecule has 76 valence electrons. The van der Waals surface area contributed by atoms with Crippen LogP contribution in [0.3, 0.4) is 0 Å². The van der Waals surface area contributed by atoms with E-state index < -0.39 is 5.97 Å². The average Bonchev–Trinajstić information content (AvgIpc) is 2.14. The van der Waals surface area contributed by atoms with Gasteiger partial charge in [0.1, 0.15) is 11.0 Å². The second-order valence-electron chi connectivity index (χ2n) is 2.90. The highest BCUT2D eigenvalue weighted by Crippen LogP contribution is 2.09. The number of hydrogen-bond acceptors (Lipinski definition) is 3. The molecule has 0 saturated heterocycles. The van der Waals surface area contributed by atoms with Gasteiger partial charge >= 0.3 is 5.97 Å². The lowest BCUT2D eigenvalue weighted by molar-refractivity contribution is 0.0690. The second-order valence-corrected chi connectivity index (χ2v) is 3.29. The van der Waals surface area contributed by atoms with Crippen molar-refractivity contribution in [3.63, 3.8) is 0 Å². The zero-order valence-electron chi connectivity index (χ0n) is 7.83. The fourth-order valence-corrected chi connectivity index (χ4v) is 1.22. The number of aryl methyl sites for hydroxylation is 1. The predicted molar refractivity (Wildman–Crippen MR) is 52.6 cm³/mol. The third-order valence-corrected chi connectivity index (χ3v) is 1.91. The molecule has 1 rings (SSSR count). The number of aromatic nitrogens is 2. The van der Waals surface area contributed by atoms with Gasteiger partial charge in [0.05, 0.1) is 0 Å². The molecule has 0 amide bonds. The van der Waals surface area contributed by atoms with Gasteiger partial charge in [0.25, 0.3) is 0 Å². The molecule has 1 heterocycles. The second kappa shape index (κ2) is 4.91. The van der Waals surface area contributed by atoms with E-state index in [1.165, 1.54) is 6.07 Å². The predicted octanol–water partition coefficient (Wildman–Crippen LogP) is 2.17. The van der Waals surface area contributed by atoms with E-state index in [4.69, 9.17) is 16.7 Å². The molecular weight excluding hydrogens is 204 g/mol. The summed E-state index contributed by atoms with van der Waals surface area (Å²) in [6.45, 7) is 2.04. The molecule has 4 nitrogen and oxygen atoms in total. The van der Waals surface area contributed by atoms with E-state index in [9.17, 15) is 4.79 Å². The van der Waals surface area contributed by atoms with Crippen LogP contribution in [0.4, 0.5) is 0 Å². The average molecular weight is 215 g/mol. The third kappa shape index (κ3) is 2.96. The summed E-state index contributed by atoms with van der Waals surface area (Å²) in [6, 6.07) is 1.25. The third-order valence-electron chi connectivity index (χ3n) is 1.71. The first-order valence-electron chi connectivity index (χ1n) is 4.40. The van der Waals surface area contributed by atoms with E-state index in [1.807, 2.05) is 6.92 Å². The SMILES string of the molecule is CCCCc1nc(Cl)cc(C(=O)O)n1. The topological polar surface area (TPSA) is 63.1 Å². The number of aromatic carboxylic acids is 1. The molecule has 0 aromatic carbocycles. The van der Waals surface area contributed by atoms with Crippen molar-refractivity contribution in [3.05, 3.63) is 22.7 Å². The van der Waals surface area contributed by atoms with Crippen molar-refractivity contribution in [2.45, 2.75) is 26.2 Å². The van der Waals surface area contributed by atoms with E-state index in [0.29, 0.717) is 12.2 Å². The summed E-state index contributed by atoms with van der Waals surface area (Å²) in [4.78, 5) is 18.5. The van der Waals surface area contributed by atoms with Crippen LogP contribution in [-0.4, -0.2) is 21.0 Å². The van der Waals surface area contributed by atoms with Crippen LogP contribution < -0.4 is 0 Å². The van der Waals surface area contributed by atoms with Crippen LogP contribution >= 0.6 is 11.6 Å². The van der Waals surface area contributed by atoms with E-state index in [2.05, 4.69) is 9.97 Å². The lowest BCUT2D eigenvalue weighted by Gasteiger charge is -2.00. The van der Waals surface area contributed by atoms with Crippen LogP contribution in [-0.2, 0) is 6.42 Å². The normalized spacial score (nSPS) is 10.1. The van der Waals surface area contributed by atoms with Crippen LogP contribution in [0.5, 0.6) is 0 Å². The van der Waals surface area contributed by atoms with Gasteiger partial charge in [-0.1, -0.05) is 24.9 Å². The molecule has 5 heteroatoms. The molecule has 1 N–H and O–H groups in total.